The van der Waals surface area contributed by atoms with Gasteiger partial charge in [-0.2, -0.15) is 0 Å². The van der Waals surface area contributed by atoms with Crippen LogP contribution in [0.2, 0.25) is 0 Å². The van der Waals surface area contributed by atoms with Crippen LogP contribution in [0.1, 0.15) is 66.7 Å². The molecule has 8 atom stereocenters. The lowest BCUT2D eigenvalue weighted by atomic mass is 9.82. The molecule has 0 saturated carbocycles. The van der Waals surface area contributed by atoms with E-state index in [0.717, 1.165) is 17.5 Å². The maximum atomic E-state index is 13.9. The van der Waals surface area contributed by atoms with Crippen LogP contribution in [0.3, 0.4) is 0 Å². The number of aryl methyl sites for hydroxylation is 1. The van der Waals surface area contributed by atoms with Crippen molar-refractivity contribution in [1.82, 2.24) is 4.90 Å². The molecule has 2 N–H and O–H groups in total. The van der Waals surface area contributed by atoms with Gasteiger partial charge in [0.2, 0.25) is 0 Å². The number of piperidine rings is 1. The van der Waals surface area contributed by atoms with E-state index in [1.54, 1.807) is 43.0 Å². The summed E-state index contributed by atoms with van der Waals surface area (Å²) in [5, 5.41) is 24.9. The van der Waals surface area contributed by atoms with Crippen LogP contribution in [0.5, 0.6) is 0 Å². The van der Waals surface area contributed by atoms with Crippen molar-refractivity contribution in [3.05, 3.63) is 70.8 Å². The summed E-state index contributed by atoms with van der Waals surface area (Å²) < 4.78 is 22.0. The number of benzene rings is 2. The molecule has 0 radical (unpaired) electrons. The molecule has 2 aromatic carbocycles. The highest BCUT2D eigenvalue weighted by molar-refractivity contribution is 5.98. The first-order valence-electron chi connectivity index (χ1n) is 14.6. The van der Waals surface area contributed by atoms with E-state index in [4.69, 9.17) is 23.8 Å². The third-order valence-electron chi connectivity index (χ3n) is 8.31. The van der Waals surface area contributed by atoms with Gasteiger partial charge in [-0.15, -0.1) is 0 Å². The Morgan fingerprint density at radius 2 is 1.81 bits per heavy atom. The van der Waals surface area contributed by atoms with Crippen LogP contribution in [0.25, 0.3) is 0 Å². The Labute approximate surface area is 251 Å². The summed E-state index contributed by atoms with van der Waals surface area (Å²) in [5.41, 5.74) is 3.18. The average Bonchev–Trinajstić information content (AvgIpc) is 3.46. The molecule has 11 heteroatoms. The number of hydrogen-bond donors (Lipinski definition) is 2. The molecule has 5 rings (SSSR count). The van der Waals surface area contributed by atoms with E-state index in [2.05, 4.69) is 12.1 Å². The summed E-state index contributed by atoms with van der Waals surface area (Å²) in [6, 6.07) is 13.9. The standard InChI is InChI=1S/C32H40N2O9/c1-18-6-11-21(12-7-18)25-19(2)8-15-23(30(38)39-5)34(25)29(37)22-13-9-20(10-14-22)16-33-40-17-24(35)27-26(36)28-31(41-27)43-32(3,4)42-28/h6-7,9-14,16,19,23-28,31,35-36H,8,15,17H2,1-5H3/b33-16-/t19-,23-,24+,25-,26+,27+,28-,31-/m0/s1. The first kappa shape index (κ1) is 31.1. The van der Waals surface area contributed by atoms with Crippen molar-refractivity contribution in [2.75, 3.05) is 13.7 Å². The highest BCUT2D eigenvalue weighted by atomic mass is 16.8. The Kier molecular flexibility index (Phi) is 9.19. The molecular weight excluding hydrogens is 556 g/mol. The number of rotatable bonds is 8. The van der Waals surface area contributed by atoms with E-state index in [-0.39, 0.29) is 24.5 Å². The number of fused-ring (bicyclic) bond motifs is 1. The highest BCUT2D eigenvalue weighted by Crippen LogP contribution is 2.41. The van der Waals surface area contributed by atoms with Gasteiger partial charge in [0.05, 0.1) is 19.4 Å². The summed E-state index contributed by atoms with van der Waals surface area (Å²) in [5.74, 6) is -1.41. The molecule has 3 heterocycles. The van der Waals surface area contributed by atoms with Gasteiger partial charge in [0, 0.05) is 5.56 Å². The van der Waals surface area contributed by atoms with Gasteiger partial charge in [-0.3, -0.25) is 4.79 Å². The number of aliphatic hydroxyl groups excluding tert-OH is 2. The largest absolute Gasteiger partial charge is 0.467 e. The quantitative estimate of drug-likeness (QED) is 0.268. The van der Waals surface area contributed by atoms with Gasteiger partial charge in [-0.05, 0) is 62.8 Å². The number of likely N-dealkylation sites (tertiary alicyclic amines) is 1. The minimum Gasteiger partial charge on any atom is -0.467 e. The maximum Gasteiger partial charge on any atom is 0.328 e. The molecule has 3 aliphatic rings. The normalized spacial score (nSPS) is 30.7. The fraction of sp³-hybridized carbons (Fsp3) is 0.531. The number of esters is 1. The Morgan fingerprint density at radius 1 is 1.12 bits per heavy atom. The first-order chi connectivity index (χ1) is 20.5. The van der Waals surface area contributed by atoms with Gasteiger partial charge >= 0.3 is 5.97 Å². The number of carbonyl (C=O) groups excluding carboxylic acids is 2. The molecule has 0 aromatic heterocycles. The molecule has 43 heavy (non-hydrogen) atoms. The second-order valence-electron chi connectivity index (χ2n) is 11.9. The van der Waals surface area contributed by atoms with Gasteiger partial charge in [0.1, 0.15) is 37.1 Å². The lowest BCUT2D eigenvalue weighted by Gasteiger charge is -2.44. The SMILES string of the molecule is COC(=O)[C@@H]1CC[C@H](C)[C@@H](c2ccc(C)cc2)N1C(=O)c1ccc(/C=N\OC[C@@H](O)[C@H]2O[C@H]3OC(C)(C)O[C@H]3[C@@H]2O)cc1. The molecule has 3 saturated heterocycles. The molecule has 2 aromatic rings. The topological polar surface area (TPSA) is 136 Å². The number of aliphatic hydroxyl groups is 2. The summed E-state index contributed by atoms with van der Waals surface area (Å²) in [4.78, 5) is 33.6. The van der Waals surface area contributed by atoms with Crippen LogP contribution in [0.15, 0.2) is 53.7 Å². The highest BCUT2D eigenvalue weighted by Gasteiger charge is 2.56. The van der Waals surface area contributed by atoms with E-state index in [1.165, 1.54) is 13.3 Å². The molecule has 0 bridgehead atoms. The average molecular weight is 597 g/mol. The predicted octanol–water partition coefficient (Wildman–Crippen LogP) is 3.10. The fourth-order valence-corrected chi connectivity index (χ4v) is 6.08. The number of amides is 1. The summed E-state index contributed by atoms with van der Waals surface area (Å²) in [6.07, 6.45) is -1.87. The van der Waals surface area contributed by atoms with Crippen LogP contribution in [0.4, 0.5) is 0 Å². The number of carbonyl (C=O) groups is 2. The molecule has 3 aliphatic heterocycles. The summed E-state index contributed by atoms with van der Waals surface area (Å²) >= 11 is 0. The minimum atomic E-state index is -1.16. The van der Waals surface area contributed by atoms with Crippen molar-refractivity contribution >= 4 is 18.1 Å². The zero-order valence-electron chi connectivity index (χ0n) is 25.1. The van der Waals surface area contributed by atoms with Crippen molar-refractivity contribution in [3.8, 4) is 0 Å². The van der Waals surface area contributed by atoms with E-state index in [1.807, 2.05) is 31.2 Å². The van der Waals surface area contributed by atoms with Gasteiger partial charge in [-0.1, -0.05) is 54.0 Å². The van der Waals surface area contributed by atoms with Crippen LogP contribution >= 0.6 is 0 Å². The smallest absolute Gasteiger partial charge is 0.328 e. The second kappa shape index (κ2) is 12.7. The van der Waals surface area contributed by atoms with Gasteiger partial charge in [0.25, 0.3) is 5.91 Å². The Balaban J connectivity index is 1.22. The molecule has 1 amide bonds. The lowest BCUT2D eigenvalue weighted by molar-refractivity contribution is -0.228. The van der Waals surface area contributed by atoms with Crippen molar-refractivity contribution in [3.63, 3.8) is 0 Å². The van der Waals surface area contributed by atoms with Crippen LogP contribution in [-0.4, -0.2) is 89.5 Å². The molecular formula is C32H40N2O9. The van der Waals surface area contributed by atoms with Crippen LogP contribution in [-0.2, 0) is 28.6 Å². The van der Waals surface area contributed by atoms with Gasteiger partial charge < -0.3 is 38.9 Å². The Hall–Kier alpha value is -3.35. The van der Waals surface area contributed by atoms with Crippen LogP contribution in [0, 0.1) is 12.8 Å². The zero-order valence-corrected chi connectivity index (χ0v) is 25.1. The molecule has 232 valence electrons. The van der Waals surface area contributed by atoms with E-state index in [0.29, 0.717) is 17.5 Å². The number of nitrogens with zero attached hydrogens (tertiary/aromatic N) is 2. The summed E-state index contributed by atoms with van der Waals surface area (Å²) in [6.45, 7) is 7.34. The number of methoxy groups -OCH3 is 1. The number of oxime groups is 1. The molecule has 0 aliphatic carbocycles. The molecule has 11 nitrogen and oxygen atoms in total. The minimum absolute atomic E-state index is 0.147. The van der Waals surface area contributed by atoms with Crippen molar-refractivity contribution in [1.29, 1.82) is 0 Å². The third kappa shape index (κ3) is 6.61. The van der Waals surface area contributed by atoms with E-state index in [9.17, 15) is 19.8 Å². The van der Waals surface area contributed by atoms with E-state index >= 15 is 0 Å². The van der Waals surface area contributed by atoms with Crippen LogP contribution < -0.4 is 0 Å². The van der Waals surface area contributed by atoms with Crippen molar-refractivity contribution in [2.45, 2.75) is 89.1 Å². The fourth-order valence-electron chi connectivity index (χ4n) is 6.08. The molecule has 0 unspecified atom stereocenters. The Morgan fingerprint density at radius 3 is 2.47 bits per heavy atom. The molecule has 0 spiro atoms. The zero-order chi connectivity index (χ0) is 30.9. The lowest BCUT2D eigenvalue weighted by Crippen LogP contribution is -2.52. The third-order valence-corrected chi connectivity index (χ3v) is 8.31. The number of ether oxygens (including phenoxy) is 4. The second-order valence-corrected chi connectivity index (χ2v) is 11.9. The van der Waals surface area contributed by atoms with Gasteiger partial charge in [0.15, 0.2) is 12.1 Å². The first-order valence-corrected chi connectivity index (χ1v) is 14.6. The monoisotopic (exact) mass is 596 g/mol. The van der Waals surface area contributed by atoms with E-state index < -0.39 is 48.5 Å². The van der Waals surface area contributed by atoms with Crippen molar-refractivity contribution < 1.29 is 43.6 Å². The van der Waals surface area contributed by atoms with Gasteiger partial charge in [-0.25, -0.2) is 4.79 Å². The summed E-state index contributed by atoms with van der Waals surface area (Å²) in [7, 11) is 1.34. The molecule has 3 fully saturated rings. The Bertz CT molecular complexity index is 1310. The predicted molar refractivity (Wildman–Crippen MR) is 155 cm³/mol. The maximum absolute atomic E-state index is 13.9. The van der Waals surface area contributed by atoms with Crippen molar-refractivity contribution in [2.24, 2.45) is 11.1 Å². The number of hydrogen-bond acceptors (Lipinski definition) is 10.